The largest absolute Gasteiger partial charge is 0.355 e. The summed E-state index contributed by atoms with van der Waals surface area (Å²) in [6, 6.07) is 8.72. The number of carbonyl (C=O) groups excluding carboxylic acids is 1. The highest BCUT2D eigenvalue weighted by Gasteiger charge is 2.21. The molecule has 0 aliphatic carbocycles. The SMILES string of the molecule is CCc1ccc(C(C)(C)CNC(=O)CCC(C)N)cc1.Cl. The highest BCUT2D eigenvalue weighted by atomic mass is 35.5. The van der Waals surface area contributed by atoms with E-state index < -0.39 is 0 Å². The molecule has 0 radical (unpaired) electrons. The lowest BCUT2D eigenvalue weighted by Gasteiger charge is -2.26. The lowest BCUT2D eigenvalue weighted by atomic mass is 9.84. The maximum Gasteiger partial charge on any atom is 0.220 e. The van der Waals surface area contributed by atoms with Crippen LogP contribution in [0.25, 0.3) is 0 Å². The number of nitrogens with one attached hydrogen (secondary N) is 1. The van der Waals surface area contributed by atoms with E-state index in [9.17, 15) is 4.79 Å². The molecule has 1 atom stereocenters. The Balaban J connectivity index is 0.00000400. The summed E-state index contributed by atoms with van der Waals surface area (Å²) in [5, 5.41) is 3.01. The lowest BCUT2D eigenvalue weighted by Crippen LogP contribution is -2.37. The molecule has 0 saturated heterocycles. The van der Waals surface area contributed by atoms with Crippen LogP contribution in [0, 0.1) is 0 Å². The molecule has 3 N–H and O–H groups in total. The van der Waals surface area contributed by atoms with E-state index in [2.05, 4.69) is 50.4 Å². The smallest absolute Gasteiger partial charge is 0.220 e. The molecule has 0 fully saturated rings. The molecule has 4 heteroatoms. The summed E-state index contributed by atoms with van der Waals surface area (Å²) in [5.41, 5.74) is 8.19. The number of nitrogens with two attached hydrogens (primary N) is 1. The van der Waals surface area contributed by atoms with E-state index >= 15 is 0 Å². The van der Waals surface area contributed by atoms with Crippen molar-refractivity contribution in [3.8, 4) is 0 Å². The van der Waals surface area contributed by atoms with Crippen LogP contribution in [-0.4, -0.2) is 18.5 Å². The topological polar surface area (TPSA) is 55.1 Å². The van der Waals surface area contributed by atoms with E-state index in [1.807, 2.05) is 6.92 Å². The standard InChI is InChI=1S/C17H28N2O.ClH/c1-5-14-7-9-15(10-8-14)17(3,4)12-19-16(20)11-6-13(2)18;/h7-10,13H,5-6,11-12,18H2,1-4H3,(H,19,20);1H. The van der Waals surface area contributed by atoms with E-state index in [1.54, 1.807) is 0 Å². The molecule has 21 heavy (non-hydrogen) atoms. The zero-order valence-electron chi connectivity index (χ0n) is 13.6. The molecule has 3 nitrogen and oxygen atoms in total. The maximum absolute atomic E-state index is 11.8. The summed E-state index contributed by atoms with van der Waals surface area (Å²) in [6.45, 7) is 9.03. The molecule has 0 aliphatic rings. The average Bonchev–Trinajstić information content (AvgIpc) is 2.43. The van der Waals surface area contributed by atoms with Gasteiger partial charge in [-0.05, 0) is 30.9 Å². The molecule has 1 aromatic rings. The van der Waals surface area contributed by atoms with Gasteiger partial charge in [0.1, 0.15) is 0 Å². The van der Waals surface area contributed by atoms with Gasteiger partial charge in [0.05, 0.1) is 0 Å². The second-order valence-electron chi connectivity index (χ2n) is 6.23. The molecule has 1 rings (SSSR count). The number of aryl methyl sites for hydroxylation is 1. The summed E-state index contributed by atoms with van der Waals surface area (Å²) in [6.07, 6.45) is 2.29. The quantitative estimate of drug-likeness (QED) is 0.812. The fourth-order valence-electron chi connectivity index (χ4n) is 2.06. The minimum absolute atomic E-state index is 0. The van der Waals surface area contributed by atoms with Gasteiger partial charge < -0.3 is 11.1 Å². The van der Waals surface area contributed by atoms with E-state index in [4.69, 9.17) is 5.73 Å². The summed E-state index contributed by atoms with van der Waals surface area (Å²) in [5.74, 6) is 0.0838. The van der Waals surface area contributed by atoms with Crippen molar-refractivity contribution >= 4 is 18.3 Å². The molecule has 120 valence electrons. The predicted molar refractivity (Wildman–Crippen MR) is 92.0 cm³/mol. The normalized spacial score (nSPS) is 12.4. The highest BCUT2D eigenvalue weighted by Crippen LogP contribution is 2.22. The lowest BCUT2D eigenvalue weighted by molar-refractivity contribution is -0.121. The first kappa shape index (κ1) is 19.9. The third-order valence-corrected chi connectivity index (χ3v) is 3.70. The van der Waals surface area contributed by atoms with Crippen LogP contribution in [0.4, 0.5) is 0 Å². The van der Waals surface area contributed by atoms with Crippen LogP contribution in [0.3, 0.4) is 0 Å². The third-order valence-electron chi connectivity index (χ3n) is 3.70. The Bertz CT molecular complexity index is 427. The van der Waals surface area contributed by atoms with Crippen molar-refractivity contribution < 1.29 is 4.79 Å². The molecule has 1 aromatic carbocycles. The van der Waals surface area contributed by atoms with Crippen molar-refractivity contribution in [1.29, 1.82) is 0 Å². The summed E-state index contributed by atoms with van der Waals surface area (Å²) in [4.78, 5) is 11.8. The van der Waals surface area contributed by atoms with Gasteiger partial charge in [-0.2, -0.15) is 0 Å². The average molecular weight is 313 g/mol. The van der Waals surface area contributed by atoms with Gasteiger partial charge in [-0.3, -0.25) is 4.79 Å². The van der Waals surface area contributed by atoms with Crippen molar-refractivity contribution in [3.63, 3.8) is 0 Å². The molecule has 0 aliphatic heterocycles. The molecule has 0 aromatic heterocycles. The van der Waals surface area contributed by atoms with Gasteiger partial charge in [0.25, 0.3) is 0 Å². The minimum atomic E-state index is -0.0593. The second kappa shape index (κ2) is 9.06. The van der Waals surface area contributed by atoms with Gasteiger partial charge in [0.15, 0.2) is 0 Å². The fourth-order valence-corrected chi connectivity index (χ4v) is 2.06. The van der Waals surface area contributed by atoms with Crippen molar-refractivity contribution in [1.82, 2.24) is 5.32 Å². The Morgan fingerprint density at radius 3 is 2.33 bits per heavy atom. The van der Waals surface area contributed by atoms with Gasteiger partial charge in [0, 0.05) is 24.4 Å². The number of hydrogen-bond donors (Lipinski definition) is 2. The number of benzene rings is 1. The van der Waals surface area contributed by atoms with Crippen LogP contribution in [0.1, 0.15) is 51.7 Å². The number of hydrogen-bond acceptors (Lipinski definition) is 2. The molecular formula is C17H29ClN2O. The fraction of sp³-hybridized carbons (Fsp3) is 0.588. The Labute approximate surface area is 135 Å². The van der Waals surface area contributed by atoms with Crippen LogP contribution >= 0.6 is 12.4 Å². The summed E-state index contributed by atoms with van der Waals surface area (Å²) >= 11 is 0. The Morgan fingerprint density at radius 2 is 1.86 bits per heavy atom. The minimum Gasteiger partial charge on any atom is -0.355 e. The van der Waals surface area contributed by atoms with Crippen molar-refractivity contribution in [2.24, 2.45) is 5.73 Å². The molecule has 0 bridgehead atoms. The first-order chi connectivity index (χ1) is 9.35. The monoisotopic (exact) mass is 312 g/mol. The number of carbonyl (C=O) groups is 1. The third kappa shape index (κ3) is 6.96. The second-order valence-corrected chi connectivity index (χ2v) is 6.23. The Morgan fingerprint density at radius 1 is 1.29 bits per heavy atom. The van der Waals surface area contributed by atoms with E-state index in [0.29, 0.717) is 13.0 Å². The Kier molecular flexibility index (Phi) is 8.60. The van der Waals surface area contributed by atoms with Crippen LogP contribution in [-0.2, 0) is 16.6 Å². The highest BCUT2D eigenvalue weighted by molar-refractivity contribution is 5.85. The van der Waals surface area contributed by atoms with Crippen LogP contribution < -0.4 is 11.1 Å². The first-order valence-electron chi connectivity index (χ1n) is 7.47. The van der Waals surface area contributed by atoms with Gasteiger partial charge in [-0.15, -0.1) is 12.4 Å². The Hall–Kier alpha value is -1.06. The van der Waals surface area contributed by atoms with Gasteiger partial charge in [0.2, 0.25) is 5.91 Å². The van der Waals surface area contributed by atoms with E-state index in [0.717, 1.165) is 12.8 Å². The van der Waals surface area contributed by atoms with Gasteiger partial charge >= 0.3 is 0 Å². The van der Waals surface area contributed by atoms with Crippen LogP contribution in [0.15, 0.2) is 24.3 Å². The molecule has 1 amide bonds. The van der Waals surface area contributed by atoms with E-state index in [1.165, 1.54) is 11.1 Å². The first-order valence-corrected chi connectivity index (χ1v) is 7.47. The maximum atomic E-state index is 11.8. The van der Waals surface area contributed by atoms with Gasteiger partial charge in [-0.1, -0.05) is 45.0 Å². The van der Waals surface area contributed by atoms with Crippen molar-refractivity contribution in [2.75, 3.05) is 6.54 Å². The predicted octanol–water partition coefficient (Wildman–Crippen LogP) is 3.19. The van der Waals surface area contributed by atoms with Gasteiger partial charge in [-0.25, -0.2) is 0 Å². The number of amides is 1. The zero-order valence-corrected chi connectivity index (χ0v) is 14.4. The zero-order chi connectivity index (χ0) is 15.2. The molecule has 0 heterocycles. The van der Waals surface area contributed by atoms with Crippen molar-refractivity contribution in [2.45, 2.75) is 58.4 Å². The number of halogens is 1. The van der Waals surface area contributed by atoms with Crippen LogP contribution in [0.2, 0.25) is 0 Å². The van der Waals surface area contributed by atoms with Crippen molar-refractivity contribution in [3.05, 3.63) is 35.4 Å². The number of rotatable bonds is 7. The van der Waals surface area contributed by atoms with Crippen LogP contribution in [0.5, 0.6) is 0 Å². The summed E-state index contributed by atoms with van der Waals surface area (Å²) < 4.78 is 0. The molecule has 0 spiro atoms. The summed E-state index contributed by atoms with van der Waals surface area (Å²) in [7, 11) is 0. The molecular weight excluding hydrogens is 284 g/mol. The molecule has 1 unspecified atom stereocenters. The molecule has 0 saturated carbocycles. The van der Waals surface area contributed by atoms with E-state index in [-0.39, 0.29) is 29.8 Å².